The van der Waals surface area contributed by atoms with E-state index in [1.807, 2.05) is 42.2 Å². The van der Waals surface area contributed by atoms with E-state index in [-0.39, 0.29) is 28.6 Å². The molecular formula is C24H27N5O4S. The number of rotatable bonds is 5. The third kappa shape index (κ3) is 5.02. The molecule has 1 aromatic heterocycles. The highest BCUT2D eigenvalue weighted by Gasteiger charge is 2.30. The molecule has 178 valence electrons. The predicted molar refractivity (Wildman–Crippen MR) is 131 cm³/mol. The van der Waals surface area contributed by atoms with Crippen molar-refractivity contribution in [2.75, 3.05) is 36.4 Å². The second kappa shape index (κ2) is 9.78. The Morgan fingerprint density at radius 3 is 2.47 bits per heavy atom. The highest BCUT2D eigenvalue weighted by molar-refractivity contribution is 7.89. The first-order valence-electron chi connectivity index (χ1n) is 11.0. The molecule has 0 bridgehead atoms. The molecule has 10 heteroatoms. The van der Waals surface area contributed by atoms with Crippen LogP contribution in [0.5, 0.6) is 0 Å². The van der Waals surface area contributed by atoms with Gasteiger partial charge < -0.3 is 10.2 Å². The van der Waals surface area contributed by atoms with Gasteiger partial charge >= 0.3 is 0 Å². The minimum absolute atomic E-state index is 0.0897. The summed E-state index contributed by atoms with van der Waals surface area (Å²) >= 11 is 0. The maximum Gasteiger partial charge on any atom is 0.271 e. The number of hydrogen-bond donors (Lipinski definition) is 1. The summed E-state index contributed by atoms with van der Waals surface area (Å²) in [6.45, 7) is 4.77. The number of sulfonamides is 1. The molecule has 4 rings (SSSR count). The molecule has 1 saturated heterocycles. The largest absolute Gasteiger partial charge is 0.354 e. The second-order valence-electron chi connectivity index (χ2n) is 8.20. The van der Waals surface area contributed by atoms with Gasteiger partial charge in [0.1, 0.15) is 10.7 Å². The van der Waals surface area contributed by atoms with E-state index in [0.29, 0.717) is 37.6 Å². The van der Waals surface area contributed by atoms with Gasteiger partial charge in [0.2, 0.25) is 15.9 Å². The van der Waals surface area contributed by atoms with E-state index in [2.05, 4.69) is 10.4 Å². The van der Waals surface area contributed by atoms with Crippen molar-refractivity contribution in [3.05, 3.63) is 76.6 Å². The van der Waals surface area contributed by atoms with Crippen LogP contribution >= 0.6 is 0 Å². The summed E-state index contributed by atoms with van der Waals surface area (Å²) < 4.78 is 29.8. The van der Waals surface area contributed by atoms with Crippen LogP contribution in [0.4, 0.5) is 11.5 Å². The number of carbonyl (C=O) groups is 1. The van der Waals surface area contributed by atoms with Crippen molar-refractivity contribution in [1.82, 2.24) is 14.1 Å². The quantitative estimate of drug-likeness (QED) is 0.600. The molecule has 3 aromatic rings. The number of carbonyl (C=O) groups excluding carboxylic acids is 1. The van der Waals surface area contributed by atoms with E-state index in [9.17, 15) is 18.0 Å². The normalized spacial score (nSPS) is 15.1. The first kappa shape index (κ1) is 23.7. The Labute approximate surface area is 198 Å². The molecule has 2 heterocycles. The molecule has 1 aliphatic rings. The molecule has 0 aliphatic carbocycles. The van der Waals surface area contributed by atoms with E-state index in [1.54, 1.807) is 24.3 Å². The molecule has 1 amide bonds. The van der Waals surface area contributed by atoms with Gasteiger partial charge in [-0.1, -0.05) is 24.3 Å². The fraction of sp³-hybridized carbons (Fsp3) is 0.292. The van der Waals surface area contributed by atoms with Crippen LogP contribution in [0.1, 0.15) is 18.9 Å². The summed E-state index contributed by atoms with van der Waals surface area (Å²) in [5.74, 6) is 0.277. The van der Waals surface area contributed by atoms with Crippen molar-refractivity contribution >= 4 is 27.4 Å². The summed E-state index contributed by atoms with van der Waals surface area (Å²) in [6, 6.07) is 17.3. The van der Waals surface area contributed by atoms with Gasteiger partial charge in [-0.15, -0.1) is 5.10 Å². The SMILES string of the molecule is CC(=O)Nc1ccc(C)cc1S(=O)(=O)N1CCCN(c2ccc(=O)n(-c3ccccc3)n2)CC1. The van der Waals surface area contributed by atoms with Crippen LogP contribution in [-0.4, -0.2) is 54.6 Å². The van der Waals surface area contributed by atoms with Crippen molar-refractivity contribution in [3.8, 4) is 5.69 Å². The lowest BCUT2D eigenvalue weighted by atomic mass is 10.2. The molecule has 1 N–H and O–H groups in total. The molecule has 0 saturated carbocycles. The van der Waals surface area contributed by atoms with E-state index >= 15 is 0 Å². The molecule has 34 heavy (non-hydrogen) atoms. The maximum atomic E-state index is 13.5. The highest BCUT2D eigenvalue weighted by Crippen LogP contribution is 2.27. The lowest BCUT2D eigenvalue weighted by Crippen LogP contribution is -2.36. The topological polar surface area (TPSA) is 105 Å². The number of hydrogen-bond acceptors (Lipinski definition) is 6. The van der Waals surface area contributed by atoms with Gasteiger partial charge in [-0.2, -0.15) is 8.99 Å². The van der Waals surface area contributed by atoms with Gasteiger partial charge in [0.15, 0.2) is 0 Å². The Hall–Kier alpha value is -3.50. The first-order valence-corrected chi connectivity index (χ1v) is 12.5. The molecule has 0 spiro atoms. The van der Waals surface area contributed by atoms with Crippen molar-refractivity contribution in [2.24, 2.45) is 0 Å². The van der Waals surface area contributed by atoms with Crippen LogP contribution in [0, 0.1) is 6.92 Å². The smallest absolute Gasteiger partial charge is 0.271 e. The van der Waals surface area contributed by atoms with Gasteiger partial charge in [-0.25, -0.2) is 8.42 Å². The summed E-state index contributed by atoms with van der Waals surface area (Å²) in [5, 5.41) is 7.15. The Morgan fingerprint density at radius 2 is 1.74 bits per heavy atom. The molecule has 1 fully saturated rings. The number of anilines is 2. The van der Waals surface area contributed by atoms with Crippen molar-refractivity contribution in [1.29, 1.82) is 0 Å². The van der Waals surface area contributed by atoms with E-state index < -0.39 is 10.0 Å². The number of benzene rings is 2. The fourth-order valence-electron chi connectivity index (χ4n) is 3.96. The number of nitrogens with one attached hydrogen (secondary N) is 1. The Balaban J connectivity index is 1.58. The van der Waals surface area contributed by atoms with Crippen LogP contribution in [0.3, 0.4) is 0 Å². The van der Waals surface area contributed by atoms with Crippen LogP contribution in [0.15, 0.2) is 70.4 Å². The molecule has 2 aromatic carbocycles. The lowest BCUT2D eigenvalue weighted by molar-refractivity contribution is -0.114. The average molecular weight is 482 g/mol. The summed E-state index contributed by atoms with van der Waals surface area (Å²) in [7, 11) is -3.83. The number of aryl methyl sites for hydroxylation is 1. The van der Waals surface area contributed by atoms with Crippen LogP contribution in [0.25, 0.3) is 5.69 Å². The Bertz CT molecular complexity index is 1360. The van der Waals surface area contributed by atoms with Crippen molar-refractivity contribution in [2.45, 2.75) is 25.2 Å². The number of amides is 1. The van der Waals surface area contributed by atoms with E-state index in [4.69, 9.17) is 0 Å². The minimum Gasteiger partial charge on any atom is -0.354 e. The van der Waals surface area contributed by atoms with E-state index in [1.165, 1.54) is 22.0 Å². The molecule has 0 radical (unpaired) electrons. The zero-order chi connectivity index (χ0) is 24.3. The minimum atomic E-state index is -3.83. The van der Waals surface area contributed by atoms with Gasteiger partial charge in [0, 0.05) is 39.2 Å². The maximum absolute atomic E-state index is 13.5. The molecule has 0 unspecified atom stereocenters. The zero-order valence-electron chi connectivity index (χ0n) is 19.1. The average Bonchev–Trinajstić information content (AvgIpc) is 3.08. The standard InChI is InChI=1S/C24H27N5O4S/c1-18-9-10-21(25-19(2)30)22(17-18)34(32,33)28-14-6-13-27(15-16-28)23-11-12-24(31)29(26-23)20-7-4-3-5-8-20/h3-5,7-12,17H,6,13-16H2,1-2H3,(H,25,30). The van der Waals surface area contributed by atoms with E-state index in [0.717, 1.165) is 5.56 Å². The first-order chi connectivity index (χ1) is 16.3. The van der Waals surface area contributed by atoms with Crippen LogP contribution in [0.2, 0.25) is 0 Å². The number of para-hydroxylation sites is 1. The van der Waals surface area contributed by atoms with Crippen LogP contribution in [-0.2, 0) is 14.8 Å². The monoisotopic (exact) mass is 481 g/mol. The number of aromatic nitrogens is 2. The fourth-order valence-corrected chi connectivity index (χ4v) is 5.66. The molecule has 0 atom stereocenters. The predicted octanol–water partition coefficient (Wildman–Crippen LogP) is 2.40. The Morgan fingerprint density at radius 1 is 0.971 bits per heavy atom. The Kier molecular flexibility index (Phi) is 6.80. The van der Waals surface area contributed by atoms with Gasteiger partial charge in [0.05, 0.1) is 11.4 Å². The van der Waals surface area contributed by atoms with Gasteiger partial charge in [-0.3, -0.25) is 9.59 Å². The summed E-state index contributed by atoms with van der Waals surface area (Å²) in [5.41, 5.74) is 1.49. The molecular weight excluding hydrogens is 454 g/mol. The highest BCUT2D eigenvalue weighted by atomic mass is 32.2. The van der Waals surface area contributed by atoms with Crippen LogP contribution < -0.4 is 15.8 Å². The van der Waals surface area contributed by atoms with Gasteiger partial charge in [-0.05, 0) is 49.2 Å². The van der Waals surface area contributed by atoms with Crippen molar-refractivity contribution in [3.63, 3.8) is 0 Å². The second-order valence-corrected chi connectivity index (χ2v) is 10.1. The summed E-state index contributed by atoms with van der Waals surface area (Å²) in [4.78, 5) is 26.0. The third-order valence-electron chi connectivity index (χ3n) is 5.63. The molecule has 1 aliphatic heterocycles. The number of nitrogens with zero attached hydrogens (tertiary/aromatic N) is 4. The zero-order valence-corrected chi connectivity index (χ0v) is 20.0. The lowest BCUT2D eigenvalue weighted by Gasteiger charge is -2.24. The van der Waals surface area contributed by atoms with Gasteiger partial charge in [0.25, 0.3) is 5.56 Å². The third-order valence-corrected chi connectivity index (χ3v) is 7.57. The summed E-state index contributed by atoms with van der Waals surface area (Å²) in [6.07, 6.45) is 0.590. The van der Waals surface area contributed by atoms with Crippen molar-refractivity contribution < 1.29 is 13.2 Å². The molecule has 9 nitrogen and oxygen atoms in total.